The molecule has 100 valence electrons. The van der Waals surface area contributed by atoms with Crippen LogP contribution < -0.4 is 5.73 Å². The number of hydrogen-bond acceptors (Lipinski definition) is 3. The van der Waals surface area contributed by atoms with E-state index in [1.807, 2.05) is 39.8 Å². The number of esters is 1. The van der Waals surface area contributed by atoms with E-state index in [2.05, 4.69) is 6.07 Å². The molecule has 0 aliphatic rings. The van der Waals surface area contributed by atoms with Gasteiger partial charge in [0, 0.05) is 13.0 Å². The molecule has 0 spiro atoms. The van der Waals surface area contributed by atoms with Crippen LogP contribution in [-0.4, -0.2) is 11.6 Å². The summed E-state index contributed by atoms with van der Waals surface area (Å²) >= 11 is 0. The van der Waals surface area contributed by atoms with Crippen molar-refractivity contribution in [1.82, 2.24) is 0 Å². The highest BCUT2D eigenvalue weighted by atomic mass is 16.6. The predicted molar refractivity (Wildman–Crippen MR) is 73.2 cm³/mol. The maximum absolute atomic E-state index is 11.6. The quantitative estimate of drug-likeness (QED) is 0.835. The van der Waals surface area contributed by atoms with Crippen molar-refractivity contribution in [2.75, 3.05) is 0 Å². The van der Waals surface area contributed by atoms with Crippen molar-refractivity contribution in [3.63, 3.8) is 0 Å². The lowest BCUT2D eigenvalue weighted by Crippen LogP contribution is -2.24. The van der Waals surface area contributed by atoms with Gasteiger partial charge in [-0.25, -0.2) is 0 Å². The molecule has 1 rings (SSSR count). The molecule has 0 aliphatic carbocycles. The first kappa shape index (κ1) is 14.7. The predicted octanol–water partition coefficient (Wildman–Crippen LogP) is 2.73. The first-order valence-corrected chi connectivity index (χ1v) is 6.32. The fourth-order valence-electron chi connectivity index (χ4n) is 1.82. The summed E-state index contributed by atoms with van der Waals surface area (Å²) in [5.41, 5.74) is 8.73. The minimum Gasteiger partial charge on any atom is -0.460 e. The first-order chi connectivity index (χ1) is 8.31. The van der Waals surface area contributed by atoms with E-state index >= 15 is 0 Å². The molecule has 0 amide bonds. The van der Waals surface area contributed by atoms with Crippen molar-refractivity contribution in [3.8, 4) is 0 Å². The fraction of sp³-hybridized carbons (Fsp3) is 0.533. The fourth-order valence-corrected chi connectivity index (χ4v) is 1.82. The van der Waals surface area contributed by atoms with Gasteiger partial charge >= 0.3 is 5.97 Å². The Bertz CT molecular complexity index is 419. The number of rotatable bonds is 4. The smallest absolute Gasteiger partial charge is 0.306 e. The normalized spacial score (nSPS) is 11.4. The molecule has 1 aromatic rings. The monoisotopic (exact) mass is 249 g/mol. The summed E-state index contributed by atoms with van der Waals surface area (Å²) in [6.45, 7) is 8.18. The maximum Gasteiger partial charge on any atom is 0.306 e. The van der Waals surface area contributed by atoms with Gasteiger partial charge in [0.1, 0.15) is 5.60 Å². The molecule has 0 radical (unpaired) electrons. The molecule has 0 bridgehead atoms. The molecular formula is C15H23NO2. The highest BCUT2D eigenvalue weighted by molar-refractivity contribution is 5.70. The Balaban J connectivity index is 2.61. The summed E-state index contributed by atoms with van der Waals surface area (Å²) in [6.07, 6.45) is 1.08. The second-order valence-electron chi connectivity index (χ2n) is 5.56. The summed E-state index contributed by atoms with van der Waals surface area (Å²) in [4.78, 5) is 11.6. The van der Waals surface area contributed by atoms with Gasteiger partial charge in [0.25, 0.3) is 0 Å². The van der Waals surface area contributed by atoms with Gasteiger partial charge < -0.3 is 10.5 Å². The van der Waals surface area contributed by atoms with Gasteiger partial charge in [0.2, 0.25) is 0 Å². The highest BCUT2D eigenvalue weighted by Crippen LogP contribution is 2.15. The Morgan fingerprint density at radius 2 is 1.94 bits per heavy atom. The zero-order chi connectivity index (χ0) is 13.8. The standard InChI is InChI=1S/C15H23NO2/c1-11-5-6-12(13(9-11)10-16)7-8-14(17)18-15(2,3)4/h5-6,9H,7-8,10,16H2,1-4H3. The van der Waals surface area contributed by atoms with Gasteiger partial charge in [-0.05, 0) is 45.2 Å². The molecule has 0 atom stereocenters. The van der Waals surface area contributed by atoms with Crippen LogP contribution in [-0.2, 0) is 22.5 Å². The van der Waals surface area contributed by atoms with E-state index in [0.717, 1.165) is 11.1 Å². The van der Waals surface area contributed by atoms with E-state index in [4.69, 9.17) is 10.5 Å². The van der Waals surface area contributed by atoms with Crippen LogP contribution in [0.5, 0.6) is 0 Å². The molecule has 18 heavy (non-hydrogen) atoms. The number of hydrogen-bond donors (Lipinski definition) is 1. The summed E-state index contributed by atoms with van der Waals surface area (Å²) < 4.78 is 5.29. The van der Waals surface area contributed by atoms with Gasteiger partial charge in [-0.1, -0.05) is 23.8 Å². The van der Waals surface area contributed by atoms with E-state index in [0.29, 0.717) is 19.4 Å². The average molecular weight is 249 g/mol. The van der Waals surface area contributed by atoms with E-state index in [1.54, 1.807) is 0 Å². The Morgan fingerprint density at radius 1 is 1.28 bits per heavy atom. The molecule has 0 heterocycles. The van der Waals surface area contributed by atoms with Crippen LogP contribution in [0, 0.1) is 6.92 Å². The maximum atomic E-state index is 11.6. The lowest BCUT2D eigenvalue weighted by atomic mass is 10.0. The molecule has 0 saturated heterocycles. The van der Waals surface area contributed by atoms with E-state index < -0.39 is 5.60 Å². The summed E-state index contributed by atoms with van der Waals surface area (Å²) in [6, 6.07) is 6.16. The number of carbonyl (C=O) groups is 1. The van der Waals surface area contributed by atoms with Crippen LogP contribution in [0.1, 0.15) is 43.9 Å². The van der Waals surface area contributed by atoms with Gasteiger partial charge in [0.15, 0.2) is 0 Å². The third-order valence-corrected chi connectivity index (χ3v) is 2.60. The van der Waals surface area contributed by atoms with Crippen LogP contribution in [0.25, 0.3) is 0 Å². The largest absolute Gasteiger partial charge is 0.460 e. The lowest BCUT2D eigenvalue weighted by molar-refractivity contribution is -0.154. The zero-order valence-electron chi connectivity index (χ0n) is 11.7. The molecule has 0 aliphatic heterocycles. The van der Waals surface area contributed by atoms with Crippen LogP contribution >= 0.6 is 0 Å². The third kappa shape index (κ3) is 4.88. The number of ether oxygens (including phenoxy) is 1. The molecule has 0 saturated carbocycles. The lowest BCUT2D eigenvalue weighted by Gasteiger charge is -2.19. The number of carbonyl (C=O) groups excluding carboxylic acids is 1. The van der Waals surface area contributed by atoms with Crippen molar-refractivity contribution in [2.24, 2.45) is 5.73 Å². The van der Waals surface area contributed by atoms with Crippen molar-refractivity contribution in [2.45, 2.75) is 52.7 Å². The van der Waals surface area contributed by atoms with Crippen molar-refractivity contribution < 1.29 is 9.53 Å². The number of nitrogens with two attached hydrogens (primary N) is 1. The molecule has 0 fully saturated rings. The summed E-state index contributed by atoms with van der Waals surface area (Å²) in [5.74, 6) is -0.161. The summed E-state index contributed by atoms with van der Waals surface area (Å²) in [7, 11) is 0. The molecule has 2 N–H and O–H groups in total. The van der Waals surface area contributed by atoms with Crippen LogP contribution in [0.15, 0.2) is 18.2 Å². The number of benzene rings is 1. The van der Waals surface area contributed by atoms with E-state index in [9.17, 15) is 4.79 Å². The van der Waals surface area contributed by atoms with E-state index in [1.165, 1.54) is 5.56 Å². The highest BCUT2D eigenvalue weighted by Gasteiger charge is 2.16. The molecule has 3 nitrogen and oxygen atoms in total. The molecule has 3 heteroatoms. The summed E-state index contributed by atoms with van der Waals surface area (Å²) in [5, 5.41) is 0. The molecule has 0 unspecified atom stereocenters. The molecule has 1 aromatic carbocycles. The minimum atomic E-state index is -0.416. The van der Waals surface area contributed by atoms with Crippen LogP contribution in [0.3, 0.4) is 0 Å². The first-order valence-electron chi connectivity index (χ1n) is 6.32. The van der Waals surface area contributed by atoms with Gasteiger partial charge in [-0.3, -0.25) is 4.79 Å². The van der Waals surface area contributed by atoms with Gasteiger partial charge in [-0.15, -0.1) is 0 Å². The number of aryl methyl sites for hydroxylation is 2. The zero-order valence-corrected chi connectivity index (χ0v) is 11.7. The Hall–Kier alpha value is -1.35. The Morgan fingerprint density at radius 3 is 2.50 bits per heavy atom. The Labute approximate surface area is 109 Å². The van der Waals surface area contributed by atoms with E-state index in [-0.39, 0.29) is 5.97 Å². The van der Waals surface area contributed by atoms with Crippen LogP contribution in [0.2, 0.25) is 0 Å². The minimum absolute atomic E-state index is 0.161. The topological polar surface area (TPSA) is 52.3 Å². The van der Waals surface area contributed by atoms with Gasteiger partial charge in [-0.2, -0.15) is 0 Å². The van der Waals surface area contributed by atoms with Gasteiger partial charge in [0.05, 0.1) is 0 Å². The third-order valence-electron chi connectivity index (χ3n) is 2.60. The Kier molecular flexibility index (Phi) is 4.91. The molecule has 0 aromatic heterocycles. The van der Waals surface area contributed by atoms with Crippen molar-refractivity contribution in [3.05, 3.63) is 34.9 Å². The second kappa shape index (κ2) is 6.01. The molecular weight excluding hydrogens is 226 g/mol. The average Bonchev–Trinajstić information content (AvgIpc) is 2.24. The van der Waals surface area contributed by atoms with Crippen LogP contribution in [0.4, 0.5) is 0 Å². The van der Waals surface area contributed by atoms with Crippen molar-refractivity contribution >= 4 is 5.97 Å². The second-order valence-corrected chi connectivity index (χ2v) is 5.56. The van der Waals surface area contributed by atoms with Crippen molar-refractivity contribution in [1.29, 1.82) is 0 Å². The SMILES string of the molecule is Cc1ccc(CCC(=O)OC(C)(C)C)c(CN)c1.